The van der Waals surface area contributed by atoms with E-state index >= 15 is 0 Å². The summed E-state index contributed by atoms with van der Waals surface area (Å²) in [6.45, 7) is 0.773. The molecule has 0 aromatic carbocycles. The van der Waals surface area contributed by atoms with E-state index in [1.807, 2.05) is 0 Å². The number of hydrogen-bond acceptors (Lipinski definition) is 20. The second-order valence-corrected chi connectivity index (χ2v) is 12.2. The summed E-state index contributed by atoms with van der Waals surface area (Å²) in [4.78, 5) is 113. The summed E-state index contributed by atoms with van der Waals surface area (Å²) in [7, 11) is 0. The van der Waals surface area contributed by atoms with Crippen LogP contribution in [0.15, 0.2) is 4.99 Å². The van der Waals surface area contributed by atoms with Crippen molar-refractivity contribution in [2.75, 3.05) is 19.7 Å². The fourth-order valence-electron chi connectivity index (χ4n) is 2.90. The van der Waals surface area contributed by atoms with Crippen LogP contribution in [0.5, 0.6) is 0 Å². The van der Waals surface area contributed by atoms with Crippen molar-refractivity contribution >= 4 is 71.5 Å². The van der Waals surface area contributed by atoms with E-state index in [2.05, 4.69) is 21.8 Å². The molecule has 1 saturated heterocycles. The molecule has 7 atom stereocenters. The van der Waals surface area contributed by atoms with E-state index in [1.54, 1.807) is 0 Å². The molecule has 0 bridgehead atoms. The molecule has 0 radical (unpaired) electrons. The fraction of sp³-hybridized carbons (Fsp3) is 0.613. The van der Waals surface area contributed by atoms with Gasteiger partial charge < -0.3 is 114 Å². The number of aliphatic carboxylic acids is 9. The zero-order chi connectivity index (χ0) is 51.9. The number of rotatable bonds is 21. The Hall–Kier alpha value is -6.88. The Labute approximate surface area is 362 Å². The Kier molecular flexibility index (Phi) is 44.6. The Morgan fingerprint density at radius 2 is 0.875 bits per heavy atom. The Balaban J connectivity index is -0.000000154. The smallest absolute Gasteiger partial charge is 0.322 e. The summed E-state index contributed by atoms with van der Waals surface area (Å²) in [5.74, 6) is -11.4. The van der Waals surface area contributed by atoms with E-state index in [4.69, 9.17) is 96.9 Å². The number of hydrogen-bond donors (Lipinski definition) is 21. The van der Waals surface area contributed by atoms with Crippen molar-refractivity contribution < 1.29 is 104 Å². The van der Waals surface area contributed by atoms with Crippen molar-refractivity contribution in [2.24, 2.45) is 62.3 Å². The predicted octanol–water partition coefficient (Wildman–Crippen LogP) is -8.65. The summed E-state index contributed by atoms with van der Waals surface area (Å²) in [5.41, 5.74) is 49.1. The number of primary amides is 2. The van der Waals surface area contributed by atoms with E-state index in [0.29, 0.717) is 19.4 Å². The van der Waals surface area contributed by atoms with Gasteiger partial charge in [-0.3, -0.25) is 57.7 Å². The third-order valence-electron chi connectivity index (χ3n) is 6.33. The zero-order valence-electron chi connectivity index (χ0n) is 34.2. The first-order valence-electron chi connectivity index (χ1n) is 17.7. The number of guanidine groups is 1. The Morgan fingerprint density at radius 3 is 1.06 bits per heavy atom. The van der Waals surface area contributed by atoms with Crippen LogP contribution in [0.4, 0.5) is 0 Å². The maximum Gasteiger partial charge on any atom is 0.322 e. The molecule has 0 aromatic rings. The van der Waals surface area contributed by atoms with Gasteiger partial charge in [0, 0.05) is 13.0 Å². The van der Waals surface area contributed by atoms with E-state index in [0.717, 1.165) is 19.4 Å². The number of amides is 2. The van der Waals surface area contributed by atoms with Crippen molar-refractivity contribution in [3.8, 4) is 0 Å². The lowest BCUT2D eigenvalue weighted by atomic mass is 10.2. The van der Waals surface area contributed by atoms with Gasteiger partial charge in [0.1, 0.15) is 42.3 Å². The number of carbonyl (C=O) groups excluding carboxylic acids is 2. The first-order chi connectivity index (χ1) is 29.2. The molecule has 0 aliphatic carbocycles. The van der Waals surface area contributed by atoms with Crippen LogP contribution in [0.2, 0.25) is 0 Å². The van der Waals surface area contributed by atoms with Crippen molar-refractivity contribution in [3.05, 3.63) is 0 Å². The van der Waals surface area contributed by atoms with Gasteiger partial charge in [0.25, 0.3) is 0 Å². The van der Waals surface area contributed by atoms with Crippen molar-refractivity contribution in [1.82, 2.24) is 5.32 Å². The highest BCUT2D eigenvalue weighted by Gasteiger charge is 2.20. The van der Waals surface area contributed by atoms with Gasteiger partial charge in [0.05, 0.1) is 25.9 Å². The van der Waals surface area contributed by atoms with Crippen molar-refractivity contribution in [1.29, 1.82) is 0 Å². The molecule has 0 aromatic heterocycles. The number of carboxylic acid groups (broad SMARTS) is 9. The van der Waals surface area contributed by atoms with Gasteiger partial charge >= 0.3 is 53.7 Å². The normalized spacial score (nSPS) is 14.5. The van der Waals surface area contributed by atoms with Crippen LogP contribution in [-0.2, 0) is 52.7 Å². The van der Waals surface area contributed by atoms with Gasteiger partial charge in [-0.05, 0) is 38.6 Å². The van der Waals surface area contributed by atoms with Crippen LogP contribution in [-0.4, -0.2) is 185 Å². The number of carboxylic acids is 9. The number of aliphatic hydroxyl groups excluding tert-OH is 1. The highest BCUT2D eigenvalue weighted by atomic mass is 16.4. The number of carbonyl (C=O) groups is 11. The monoisotopic (exact) mass is 938 g/mol. The molecule has 31 N–H and O–H groups in total. The molecular formula is C31H62N12O21. The topological polar surface area (TPSA) is 675 Å². The van der Waals surface area contributed by atoms with E-state index < -0.39 is 115 Å². The second kappa shape index (κ2) is 41.5. The quantitative estimate of drug-likeness (QED) is 0.0289. The van der Waals surface area contributed by atoms with E-state index in [-0.39, 0.29) is 37.7 Å². The SMILES string of the molecule is NC(=O)CC(N)C(=O)O.NC(=O)CC(N)C(=O)O.NC(CC(=O)O)C(=O)O.NC(CCC(=O)O)C(=O)O.NC(CO)C(=O)O.NC(N)=NCCCC(N)C(=O)O.O=C(O)[C@@H]1CCCN1. The molecular weight excluding hydrogens is 876 g/mol. The first kappa shape index (κ1) is 68.8. The van der Waals surface area contributed by atoms with Gasteiger partial charge in [-0.1, -0.05) is 0 Å². The van der Waals surface area contributed by atoms with Crippen molar-refractivity contribution in [3.63, 3.8) is 0 Å². The lowest BCUT2D eigenvalue weighted by Gasteiger charge is -2.03. The van der Waals surface area contributed by atoms with Gasteiger partial charge in [-0.2, -0.15) is 0 Å². The summed E-state index contributed by atoms with van der Waals surface area (Å²) in [6.07, 6.45) is 1.36. The molecule has 0 saturated carbocycles. The highest BCUT2D eigenvalue weighted by molar-refractivity contribution is 5.84. The minimum atomic E-state index is -1.29. The molecule has 1 fully saturated rings. The first-order valence-corrected chi connectivity index (χ1v) is 17.7. The predicted molar refractivity (Wildman–Crippen MR) is 216 cm³/mol. The van der Waals surface area contributed by atoms with Gasteiger partial charge in [-0.25, -0.2) is 0 Å². The Morgan fingerprint density at radius 1 is 0.516 bits per heavy atom. The van der Waals surface area contributed by atoms with Crippen LogP contribution in [0, 0.1) is 0 Å². The van der Waals surface area contributed by atoms with Gasteiger partial charge in [0.2, 0.25) is 11.8 Å². The third-order valence-corrected chi connectivity index (χ3v) is 6.33. The third kappa shape index (κ3) is 55.1. The number of nitrogens with one attached hydrogen (secondary N) is 1. The highest BCUT2D eigenvalue weighted by Crippen LogP contribution is 2.03. The maximum atomic E-state index is 10.2. The average Bonchev–Trinajstić information content (AvgIpc) is 3.71. The van der Waals surface area contributed by atoms with E-state index in [1.165, 1.54) is 0 Å². The molecule has 1 rings (SSSR count). The minimum absolute atomic E-state index is 0.0129. The summed E-state index contributed by atoms with van der Waals surface area (Å²) < 4.78 is 0. The summed E-state index contributed by atoms with van der Waals surface area (Å²) >= 11 is 0. The van der Waals surface area contributed by atoms with E-state index in [9.17, 15) is 52.7 Å². The molecule has 2 amide bonds. The molecule has 1 aliphatic heterocycles. The largest absolute Gasteiger partial charge is 0.481 e. The molecule has 33 nitrogen and oxygen atoms in total. The molecule has 33 heteroatoms. The molecule has 1 aliphatic rings. The van der Waals surface area contributed by atoms with Crippen LogP contribution >= 0.6 is 0 Å². The second-order valence-electron chi connectivity index (χ2n) is 12.2. The zero-order valence-corrected chi connectivity index (χ0v) is 34.2. The number of aliphatic imine (C=N–C) groups is 1. The maximum absolute atomic E-state index is 10.2. The lowest BCUT2D eigenvalue weighted by Crippen LogP contribution is -2.34. The lowest BCUT2D eigenvalue weighted by molar-refractivity contribution is -0.144. The summed E-state index contributed by atoms with van der Waals surface area (Å²) in [5, 5.41) is 84.0. The fourth-order valence-corrected chi connectivity index (χ4v) is 2.90. The van der Waals surface area contributed by atoms with Gasteiger partial charge in [-0.15, -0.1) is 0 Å². The number of nitrogens with two attached hydrogens (primary N) is 10. The van der Waals surface area contributed by atoms with Crippen LogP contribution in [0.25, 0.3) is 0 Å². The summed E-state index contributed by atoms with van der Waals surface area (Å²) in [6, 6.07) is -6.89. The molecule has 64 heavy (non-hydrogen) atoms. The van der Waals surface area contributed by atoms with Crippen LogP contribution in [0.1, 0.15) is 57.8 Å². The average molecular weight is 939 g/mol. The number of nitrogens with zero attached hydrogens (tertiary/aromatic N) is 1. The van der Waals surface area contributed by atoms with Crippen molar-refractivity contribution in [2.45, 2.75) is 100 Å². The standard InChI is InChI=1S/C6H14N4O2.C5H9NO4.C5H9NO2.2C4H8N2O3.C4H7NO4.C3H7NO3/c7-4(5(11)12)2-1-3-10-6(8)9;6-3(5(9)10)1-2-4(7)8;7-5(8)4-2-1-3-6-4;3*5-2(4(8)9)1-3(6)7;4-2(1-5)3(6)7/h4H,1-3,7H2,(H,11,12)(H4,8,9,10);3H,1-2,6H2,(H,7,8)(H,9,10);4,6H,1-3H2,(H,7,8);2*2H,1,5H2,(H2,6,7)(H,8,9);2H,1,5H2,(H,6,7)(H,8,9);2,5H,1,4H2,(H,6,7)/t;;4-;;;;/m..0..../s1. The minimum Gasteiger partial charge on any atom is -0.481 e. The molecule has 1 heterocycles. The Bertz CT molecular complexity index is 1420. The molecule has 6 unspecified atom stereocenters. The van der Waals surface area contributed by atoms with Crippen LogP contribution < -0.4 is 62.7 Å². The molecule has 0 spiro atoms. The molecule has 372 valence electrons. The van der Waals surface area contributed by atoms with Gasteiger partial charge in [0.15, 0.2) is 5.96 Å². The number of aliphatic hydroxyl groups is 1. The van der Waals surface area contributed by atoms with Crippen LogP contribution in [0.3, 0.4) is 0 Å².